The van der Waals surface area contributed by atoms with Gasteiger partial charge in [-0.05, 0) is 62.3 Å². The van der Waals surface area contributed by atoms with Gasteiger partial charge in [0.05, 0.1) is 53.5 Å². The van der Waals surface area contributed by atoms with Gasteiger partial charge in [0.1, 0.15) is 5.82 Å². The molecule has 0 bridgehead atoms. The number of para-hydroxylation sites is 1. The largest absolute Gasteiger partial charge is 0.481 e. The minimum Gasteiger partial charge on any atom is -0.481 e. The highest BCUT2D eigenvalue weighted by atomic mass is 35.5. The van der Waals surface area contributed by atoms with Crippen molar-refractivity contribution in [3.05, 3.63) is 64.6 Å². The van der Waals surface area contributed by atoms with E-state index in [0.717, 1.165) is 23.4 Å². The van der Waals surface area contributed by atoms with Crippen molar-refractivity contribution in [2.45, 2.75) is 70.1 Å². The van der Waals surface area contributed by atoms with Crippen molar-refractivity contribution in [1.82, 2.24) is 9.47 Å². The van der Waals surface area contributed by atoms with Crippen LogP contribution in [-0.2, 0) is 32.5 Å². The maximum atomic E-state index is 15.3. The van der Waals surface area contributed by atoms with Crippen LogP contribution in [0.4, 0.5) is 10.1 Å². The quantitative estimate of drug-likeness (QED) is 0.277. The number of carbonyl (C=O) groups is 3. The van der Waals surface area contributed by atoms with Gasteiger partial charge in [-0.3, -0.25) is 14.4 Å². The summed E-state index contributed by atoms with van der Waals surface area (Å²) in [5.41, 5.74) is 1.59. The van der Waals surface area contributed by atoms with E-state index < -0.39 is 17.7 Å². The summed E-state index contributed by atoms with van der Waals surface area (Å²) in [4.78, 5) is 39.6. The molecule has 0 unspecified atom stereocenters. The van der Waals surface area contributed by atoms with Crippen molar-refractivity contribution in [2.75, 3.05) is 25.1 Å². The van der Waals surface area contributed by atoms with Crippen molar-refractivity contribution in [3.8, 4) is 0 Å². The predicted octanol–water partition coefficient (Wildman–Crippen LogP) is 5.82. The molecule has 1 saturated carbocycles. The number of carboxylic acids is 1. The first-order chi connectivity index (χ1) is 21.1. The fourth-order valence-corrected chi connectivity index (χ4v) is 6.50. The molecule has 1 aliphatic carbocycles. The van der Waals surface area contributed by atoms with Crippen molar-refractivity contribution >= 4 is 46.0 Å². The molecular weight excluding hydrogens is 589 g/mol. The van der Waals surface area contributed by atoms with E-state index in [1.165, 1.54) is 6.07 Å². The molecule has 2 N–H and O–H groups in total. The number of nitrogens with one attached hydrogen (secondary N) is 1. The van der Waals surface area contributed by atoms with Gasteiger partial charge in [-0.25, -0.2) is 4.39 Å². The van der Waals surface area contributed by atoms with E-state index in [9.17, 15) is 19.5 Å². The van der Waals surface area contributed by atoms with Crippen LogP contribution in [0.2, 0.25) is 5.02 Å². The van der Waals surface area contributed by atoms with Crippen LogP contribution in [0.1, 0.15) is 61.4 Å². The second-order valence-corrected chi connectivity index (χ2v) is 12.2. The lowest BCUT2D eigenvalue weighted by Crippen LogP contribution is -2.40. The number of aryl methyl sites for hydroxylation is 1. The SMILES string of the molecule is CCCO[C@H]1C[C@@H](CO[C@H]2CC[C@H](C(=O)O)CC2)N(C(=O)Cc2cc(Cl)c(NC(=O)c3cn(C)c4ccccc34)cc2F)C1. The lowest BCUT2D eigenvalue weighted by atomic mass is 9.87. The Kier molecular flexibility index (Phi) is 10.2. The third-order valence-corrected chi connectivity index (χ3v) is 8.98. The fourth-order valence-electron chi connectivity index (χ4n) is 6.26. The van der Waals surface area contributed by atoms with Gasteiger partial charge in [-0.2, -0.15) is 0 Å². The first-order valence-corrected chi connectivity index (χ1v) is 15.6. The van der Waals surface area contributed by atoms with Crippen LogP contribution in [0.25, 0.3) is 10.9 Å². The van der Waals surface area contributed by atoms with E-state index in [1.807, 2.05) is 42.8 Å². The van der Waals surface area contributed by atoms with Crippen LogP contribution in [0.3, 0.4) is 0 Å². The van der Waals surface area contributed by atoms with Gasteiger partial charge in [0.25, 0.3) is 5.91 Å². The zero-order valence-electron chi connectivity index (χ0n) is 25.1. The summed E-state index contributed by atoms with van der Waals surface area (Å²) in [6.07, 6.45) is 5.27. The Morgan fingerprint density at radius 2 is 1.84 bits per heavy atom. The molecule has 2 aromatic carbocycles. The topological polar surface area (TPSA) is 110 Å². The van der Waals surface area contributed by atoms with Crippen LogP contribution in [0.5, 0.6) is 0 Å². The molecule has 2 fully saturated rings. The van der Waals surface area contributed by atoms with Crippen LogP contribution in [0, 0.1) is 11.7 Å². The number of benzene rings is 2. The summed E-state index contributed by atoms with van der Waals surface area (Å²) < 4.78 is 29.3. The van der Waals surface area contributed by atoms with E-state index in [0.29, 0.717) is 57.4 Å². The lowest BCUT2D eigenvalue weighted by Gasteiger charge is -2.30. The summed E-state index contributed by atoms with van der Waals surface area (Å²) in [5, 5.41) is 12.9. The first-order valence-electron chi connectivity index (χ1n) is 15.2. The second-order valence-electron chi connectivity index (χ2n) is 11.8. The summed E-state index contributed by atoms with van der Waals surface area (Å²) in [5.74, 6) is -2.41. The van der Waals surface area contributed by atoms with Crippen LogP contribution >= 0.6 is 11.6 Å². The van der Waals surface area contributed by atoms with Crippen molar-refractivity contribution in [3.63, 3.8) is 0 Å². The number of halogens is 2. The standard InChI is InChI=1S/C33H39ClFN3O6/c1-3-12-43-24-15-22(19-44-23-10-8-20(9-11-23)33(41)42)38(17-24)31(39)14-21-13-27(34)29(16-28(21)35)36-32(40)26-18-37(2)30-7-5-4-6-25(26)30/h4-7,13,16,18,20,22-24H,3,8-12,14-15,17,19H2,1-2H3,(H,36,40)(H,41,42)/t20-,22-,23-,24-/m0/s1. The van der Waals surface area contributed by atoms with Crippen molar-refractivity contribution < 1.29 is 33.4 Å². The average molecular weight is 628 g/mol. The first kappa shape index (κ1) is 31.9. The number of aromatic nitrogens is 1. The Morgan fingerprint density at radius 1 is 1.09 bits per heavy atom. The monoisotopic (exact) mass is 627 g/mol. The summed E-state index contributed by atoms with van der Waals surface area (Å²) in [6, 6.07) is 9.80. The molecule has 1 saturated heterocycles. The normalized spacial score (nSPS) is 22.0. The van der Waals surface area contributed by atoms with Crippen LogP contribution in [0.15, 0.2) is 42.6 Å². The minimum atomic E-state index is -0.764. The Hall–Kier alpha value is -3.47. The highest BCUT2D eigenvalue weighted by Gasteiger charge is 2.37. The number of amides is 2. The third kappa shape index (κ3) is 7.25. The van der Waals surface area contributed by atoms with Gasteiger partial charge in [0, 0.05) is 37.3 Å². The molecule has 1 aromatic heterocycles. The molecule has 1 aliphatic heterocycles. The van der Waals surface area contributed by atoms with E-state index in [1.54, 1.807) is 11.1 Å². The van der Waals surface area contributed by atoms with E-state index >= 15 is 4.39 Å². The van der Waals surface area contributed by atoms with Gasteiger partial charge < -0.3 is 29.4 Å². The highest BCUT2D eigenvalue weighted by molar-refractivity contribution is 6.34. The molecule has 236 valence electrons. The molecule has 0 radical (unpaired) electrons. The molecule has 2 amide bonds. The smallest absolute Gasteiger partial charge is 0.306 e. The number of fused-ring (bicyclic) bond motifs is 1. The number of carboxylic acid groups (broad SMARTS) is 1. The number of hydrogen-bond acceptors (Lipinski definition) is 5. The minimum absolute atomic E-state index is 0.0500. The molecule has 44 heavy (non-hydrogen) atoms. The maximum Gasteiger partial charge on any atom is 0.306 e. The third-order valence-electron chi connectivity index (χ3n) is 8.67. The molecule has 9 nitrogen and oxygen atoms in total. The van der Waals surface area contributed by atoms with Crippen molar-refractivity contribution in [2.24, 2.45) is 13.0 Å². The van der Waals surface area contributed by atoms with Crippen molar-refractivity contribution in [1.29, 1.82) is 0 Å². The second kappa shape index (κ2) is 14.1. The van der Waals surface area contributed by atoms with Gasteiger partial charge in [-0.15, -0.1) is 0 Å². The van der Waals surface area contributed by atoms with E-state index in [4.69, 9.17) is 21.1 Å². The number of anilines is 1. The Morgan fingerprint density at radius 3 is 2.57 bits per heavy atom. The number of ether oxygens (including phenoxy) is 2. The molecular formula is C33H39ClFN3O6. The van der Waals surface area contributed by atoms with E-state index in [2.05, 4.69) is 5.32 Å². The van der Waals surface area contributed by atoms with Crippen LogP contribution in [-0.4, -0.2) is 70.4 Å². The fraction of sp³-hybridized carbons (Fsp3) is 0.485. The molecule has 0 spiro atoms. The Balaban J connectivity index is 1.24. The average Bonchev–Trinajstić information content (AvgIpc) is 3.58. The Bertz CT molecular complexity index is 1520. The van der Waals surface area contributed by atoms with Gasteiger partial charge >= 0.3 is 5.97 Å². The van der Waals surface area contributed by atoms with Gasteiger partial charge in [0.2, 0.25) is 5.91 Å². The lowest BCUT2D eigenvalue weighted by molar-refractivity contribution is -0.144. The zero-order valence-corrected chi connectivity index (χ0v) is 25.8. The number of aliphatic carboxylic acids is 1. The number of nitrogens with zero attached hydrogens (tertiary/aromatic N) is 2. The molecule has 2 heterocycles. The number of hydrogen-bond donors (Lipinski definition) is 2. The van der Waals surface area contributed by atoms with Gasteiger partial charge in [0.15, 0.2) is 0 Å². The molecule has 2 aliphatic rings. The van der Waals surface area contributed by atoms with E-state index in [-0.39, 0.29) is 52.8 Å². The molecule has 3 aromatic rings. The highest BCUT2D eigenvalue weighted by Crippen LogP contribution is 2.31. The predicted molar refractivity (Wildman–Crippen MR) is 165 cm³/mol. The summed E-state index contributed by atoms with van der Waals surface area (Å²) >= 11 is 6.49. The summed E-state index contributed by atoms with van der Waals surface area (Å²) in [7, 11) is 1.85. The number of rotatable bonds is 11. The molecule has 2 atom stereocenters. The van der Waals surface area contributed by atoms with Gasteiger partial charge in [-0.1, -0.05) is 36.7 Å². The number of likely N-dealkylation sites (tertiary alicyclic amines) is 1. The maximum absolute atomic E-state index is 15.3. The zero-order chi connectivity index (χ0) is 31.4. The number of carbonyl (C=O) groups excluding carboxylic acids is 2. The molecule has 11 heteroatoms. The summed E-state index contributed by atoms with van der Waals surface area (Å²) in [6.45, 7) is 3.29. The molecule has 5 rings (SSSR count). The van der Waals surface area contributed by atoms with Crippen LogP contribution < -0.4 is 5.32 Å². The Labute approximate surface area is 261 Å².